The number of nitrogens with one attached hydrogen (secondary N) is 2. The first-order chi connectivity index (χ1) is 14.1. The number of thiocarbonyl (C=S) groups is 1. The highest BCUT2D eigenvalue weighted by atomic mass is 32.1. The van der Waals surface area contributed by atoms with Crippen LogP contribution in [-0.4, -0.2) is 16.0 Å². The third-order valence-corrected chi connectivity index (χ3v) is 6.27. The minimum atomic E-state index is -0.0397. The second-order valence-corrected chi connectivity index (χ2v) is 8.28. The van der Waals surface area contributed by atoms with Crippen LogP contribution in [0.15, 0.2) is 60.1 Å². The van der Waals surface area contributed by atoms with Crippen LogP contribution in [0.2, 0.25) is 0 Å². The molecule has 1 aliphatic heterocycles. The lowest BCUT2D eigenvalue weighted by Crippen LogP contribution is -2.29. The number of carbonyl (C=O) groups is 1. The molecule has 4 rings (SSSR count). The molecule has 0 unspecified atom stereocenters. The molecule has 148 valence electrons. The zero-order valence-corrected chi connectivity index (χ0v) is 17.9. The normalized spacial score (nSPS) is 18.6. The number of anilines is 2. The predicted molar refractivity (Wildman–Crippen MR) is 122 cm³/mol. The van der Waals surface area contributed by atoms with E-state index in [2.05, 4.69) is 44.1 Å². The molecule has 5 nitrogen and oxygen atoms in total. The van der Waals surface area contributed by atoms with Gasteiger partial charge in [-0.05, 0) is 66.5 Å². The molecular weight excluding hydrogens is 400 g/mol. The third-order valence-electron chi connectivity index (χ3n) is 5.02. The van der Waals surface area contributed by atoms with Gasteiger partial charge in [0, 0.05) is 28.9 Å². The maximum absolute atomic E-state index is 11.8. The molecule has 1 aromatic carbocycles. The van der Waals surface area contributed by atoms with Gasteiger partial charge in [-0.3, -0.25) is 9.78 Å². The Balaban J connectivity index is 1.73. The van der Waals surface area contributed by atoms with E-state index in [0.717, 1.165) is 22.6 Å². The van der Waals surface area contributed by atoms with Crippen molar-refractivity contribution in [1.82, 2.24) is 10.3 Å². The van der Waals surface area contributed by atoms with E-state index in [9.17, 15) is 4.79 Å². The highest BCUT2D eigenvalue weighted by Crippen LogP contribution is 2.43. The summed E-state index contributed by atoms with van der Waals surface area (Å²) in [5, 5.41) is 9.17. The third kappa shape index (κ3) is 3.88. The van der Waals surface area contributed by atoms with Crippen LogP contribution in [0, 0.1) is 6.92 Å². The number of pyridine rings is 1. The second kappa shape index (κ2) is 8.31. The van der Waals surface area contributed by atoms with Crippen LogP contribution in [0.1, 0.15) is 41.6 Å². The van der Waals surface area contributed by atoms with Gasteiger partial charge in [-0.1, -0.05) is 19.1 Å². The second-order valence-electron chi connectivity index (χ2n) is 6.91. The van der Waals surface area contributed by atoms with Crippen molar-refractivity contribution in [3.05, 3.63) is 76.2 Å². The summed E-state index contributed by atoms with van der Waals surface area (Å²) in [4.78, 5) is 19.7. The molecule has 0 spiro atoms. The van der Waals surface area contributed by atoms with Crippen molar-refractivity contribution < 1.29 is 4.79 Å². The number of thiophene rings is 1. The number of amides is 1. The molecular formula is C22H22N4OS2. The van der Waals surface area contributed by atoms with Gasteiger partial charge in [0.1, 0.15) is 0 Å². The van der Waals surface area contributed by atoms with Gasteiger partial charge in [0.15, 0.2) is 5.11 Å². The topological polar surface area (TPSA) is 57.3 Å². The fourth-order valence-corrected chi connectivity index (χ4v) is 4.76. The average molecular weight is 423 g/mol. The molecule has 1 saturated heterocycles. The van der Waals surface area contributed by atoms with Crippen LogP contribution in [-0.2, 0) is 4.79 Å². The molecule has 2 aromatic heterocycles. The number of nitrogens with zero attached hydrogens (tertiary/aromatic N) is 2. The van der Waals surface area contributed by atoms with Crippen molar-refractivity contribution in [3.63, 3.8) is 0 Å². The summed E-state index contributed by atoms with van der Waals surface area (Å²) in [5.74, 6) is 0.00545. The monoisotopic (exact) mass is 422 g/mol. The first-order valence-corrected chi connectivity index (χ1v) is 10.8. The minimum absolute atomic E-state index is 0.00545. The summed E-state index contributed by atoms with van der Waals surface area (Å²) in [5.41, 5.74) is 3.77. The average Bonchev–Trinajstić information content (AvgIpc) is 3.37. The van der Waals surface area contributed by atoms with E-state index in [0.29, 0.717) is 11.5 Å². The van der Waals surface area contributed by atoms with Crippen LogP contribution in [0.4, 0.5) is 11.4 Å². The number of hydrogen-bond acceptors (Lipinski definition) is 4. The lowest BCUT2D eigenvalue weighted by atomic mass is 10.0. The molecule has 1 amide bonds. The van der Waals surface area contributed by atoms with E-state index < -0.39 is 0 Å². The number of rotatable bonds is 5. The number of carbonyl (C=O) groups excluding carboxylic acids is 1. The van der Waals surface area contributed by atoms with Crippen LogP contribution in [0.25, 0.3) is 0 Å². The van der Waals surface area contributed by atoms with Crippen molar-refractivity contribution in [2.24, 2.45) is 0 Å². The van der Waals surface area contributed by atoms with E-state index in [-0.39, 0.29) is 18.0 Å². The van der Waals surface area contributed by atoms with E-state index in [1.165, 1.54) is 4.88 Å². The van der Waals surface area contributed by atoms with Crippen LogP contribution in [0.3, 0.4) is 0 Å². The first kappa shape index (κ1) is 19.5. The number of hydrogen-bond donors (Lipinski definition) is 2. The Bertz CT molecular complexity index is 1020. The SMILES string of the molecule is CCC(=O)Nc1ccc(N2C(=S)N[C@@H](c3ccccn3)[C@H]2c2cccs2)cc1C. The number of benzene rings is 1. The summed E-state index contributed by atoms with van der Waals surface area (Å²) >= 11 is 7.45. The molecule has 29 heavy (non-hydrogen) atoms. The fraction of sp³-hybridized carbons (Fsp3) is 0.227. The van der Waals surface area contributed by atoms with Crippen molar-refractivity contribution in [2.75, 3.05) is 10.2 Å². The lowest BCUT2D eigenvalue weighted by molar-refractivity contribution is -0.115. The van der Waals surface area contributed by atoms with Gasteiger partial charge in [-0.25, -0.2) is 0 Å². The highest BCUT2D eigenvalue weighted by molar-refractivity contribution is 7.80. The Morgan fingerprint density at radius 1 is 1.28 bits per heavy atom. The van der Waals surface area contributed by atoms with Gasteiger partial charge < -0.3 is 15.5 Å². The summed E-state index contributed by atoms with van der Waals surface area (Å²) < 4.78 is 0. The fourth-order valence-electron chi connectivity index (χ4n) is 3.56. The van der Waals surface area contributed by atoms with Crippen LogP contribution in [0.5, 0.6) is 0 Å². The van der Waals surface area contributed by atoms with Crippen LogP contribution < -0.4 is 15.5 Å². The Morgan fingerprint density at radius 2 is 2.14 bits per heavy atom. The predicted octanol–water partition coefficient (Wildman–Crippen LogP) is 4.98. The highest BCUT2D eigenvalue weighted by Gasteiger charge is 2.41. The maximum atomic E-state index is 11.8. The van der Waals surface area contributed by atoms with Gasteiger partial charge in [0.05, 0.1) is 17.8 Å². The summed E-state index contributed by atoms with van der Waals surface area (Å²) in [6.07, 6.45) is 2.26. The number of aryl methyl sites for hydroxylation is 1. The molecule has 1 fully saturated rings. The molecule has 2 N–H and O–H groups in total. The minimum Gasteiger partial charge on any atom is -0.351 e. The summed E-state index contributed by atoms with van der Waals surface area (Å²) in [7, 11) is 0. The molecule has 0 aliphatic carbocycles. The molecule has 1 aliphatic rings. The van der Waals surface area contributed by atoms with Crippen molar-refractivity contribution in [3.8, 4) is 0 Å². The quantitative estimate of drug-likeness (QED) is 0.568. The van der Waals surface area contributed by atoms with Gasteiger partial charge in [-0.15, -0.1) is 11.3 Å². The smallest absolute Gasteiger partial charge is 0.224 e. The first-order valence-electron chi connectivity index (χ1n) is 9.53. The maximum Gasteiger partial charge on any atom is 0.224 e. The van der Waals surface area contributed by atoms with Gasteiger partial charge in [0.25, 0.3) is 0 Å². The summed E-state index contributed by atoms with van der Waals surface area (Å²) in [6, 6.07) is 16.1. The van der Waals surface area contributed by atoms with Gasteiger partial charge >= 0.3 is 0 Å². The van der Waals surface area contributed by atoms with Crippen molar-refractivity contribution >= 4 is 45.9 Å². The molecule has 0 bridgehead atoms. The molecule has 0 saturated carbocycles. The molecule has 2 atom stereocenters. The Hall–Kier alpha value is -2.77. The molecule has 7 heteroatoms. The zero-order chi connectivity index (χ0) is 20.4. The van der Waals surface area contributed by atoms with E-state index in [4.69, 9.17) is 12.2 Å². The standard InChI is InChI=1S/C22H22N4OS2/c1-3-19(27)24-16-10-9-15(13-14(16)2)26-21(18-8-6-12-29-18)20(25-22(26)28)17-7-4-5-11-23-17/h4-13,20-21H,3H2,1-2H3,(H,24,27)(H,25,28)/t20-,21+/m0/s1. The lowest BCUT2D eigenvalue weighted by Gasteiger charge is -2.27. The number of aromatic nitrogens is 1. The van der Waals surface area contributed by atoms with Crippen LogP contribution >= 0.6 is 23.6 Å². The Kier molecular flexibility index (Phi) is 5.60. The van der Waals surface area contributed by atoms with Crippen molar-refractivity contribution in [2.45, 2.75) is 32.4 Å². The van der Waals surface area contributed by atoms with Crippen molar-refractivity contribution in [1.29, 1.82) is 0 Å². The van der Waals surface area contributed by atoms with Gasteiger partial charge in [0.2, 0.25) is 5.91 Å². The zero-order valence-electron chi connectivity index (χ0n) is 16.3. The molecule has 3 aromatic rings. The molecule has 0 radical (unpaired) electrons. The van der Waals surface area contributed by atoms with Gasteiger partial charge in [-0.2, -0.15) is 0 Å². The van der Waals surface area contributed by atoms with E-state index in [1.807, 2.05) is 50.4 Å². The largest absolute Gasteiger partial charge is 0.351 e. The Labute approximate surface area is 179 Å². The Morgan fingerprint density at radius 3 is 2.79 bits per heavy atom. The van der Waals surface area contributed by atoms with E-state index in [1.54, 1.807) is 11.3 Å². The van der Waals surface area contributed by atoms with E-state index >= 15 is 0 Å². The molecule has 3 heterocycles. The summed E-state index contributed by atoms with van der Waals surface area (Å²) in [6.45, 7) is 3.84.